The molecule has 1 fully saturated rings. The van der Waals surface area contributed by atoms with Crippen molar-refractivity contribution in [3.63, 3.8) is 0 Å². The molecular weight excluding hydrogens is 230 g/mol. The molecule has 17 heavy (non-hydrogen) atoms. The molecule has 1 aromatic heterocycles. The zero-order valence-electron chi connectivity index (χ0n) is 11.1. The van der Waals surface area contributed by atoms with Crippen molar-refractivity contribution in [1.82, 2.24) is 4.90 Å². The van der Waals surface area contributed by atoms with E-state index < -0.39 is 5.60 Å². The minimum Gasteiger partial charge on any atom is -0.384 e. The van der Waals surface area contributed by atoms with Gasteiger partial charge in [0.2, 0.25) is 0 Å². The van der Waals surface area contributed by atoms with Gasteiger partial charge in [0.15, 0.2) is 0 Å². The van der Waals surface area contributed by atoms with Gasteiger partial charge in [0, 0.05) is 17.5 Å². The van der Waals surface area contributed by atoms with Crippen LogP contribution in [0.5, 0.6) is 0 Å². The topological polar surface area (TPSA) is 23.5 Å². The first-order valence-electron chi connectivity index (χ1n) is 6.54. The maximum absolute atomic E-state index is 10.9. The van der Waals surface area contributed by atoms with Gasteiger partial charge in [-0.15, -0.1) is 11.3 Å². The molecule has 1 saturated heterocycles. The van der Waals surface area contributed by atoms with Gasteiger partial charge >= 0.3 is 0 Å². The molecular formula is C14H23NOS. The summed E-state index contributed by atoms with van der Waals surface area (Å²) in [6, 6.07) is 2.70. The standard InChI is InChI=1S/C14H23NOS/c1-11(2)15-8-4-6-14(16,7-9-15)13-12(3)5-10-17-13/h5,10-11,16H,4,6-9H2,1-3H3. The summed E-state index contributed by atoms with van der Waals surface area (Å²) in [5.74, 6) is 0. The fraction of sp³-hybridized carbons (Fsp3) is 0.714. The van der Waals surface area contributed by atoms with Gasteiger partial charge in [-0.05, 0) is 63.6 Å². The molecule has 1 N–H and O–H groups in total. The summed E-state index contributed by atoms with van der Waals surface area (Å²) in [7, 11) is 0. The van der Waals surface area contributed by atoms with E-state index in [9.17, 15) is 5.11 Å². The average Bonchev–Trinajstić information content (AvgIpc) is 2.59. The summed E-state index contributed by atoms with van der Waals surface area (Å²) in [6.07, 6.45) is 2.86. The average molecular weight is 253 g/mol. The third-order valence-corrected chi connectivity index (χ3v) is 5.07. The molecule has 0 spiro atoms. The van der Waals surface area contributed by atoms with E-state index in [1.54, 1.807) is 11.3 Å². The van der Waals surface area contributed by atoms with Crippen molar-refractivity contribution >= 4 is 11.3 Å². The molecule has 0 bridgehead atoms. The molecule has 1 aliphatic rings. The normalized spacial score (nSPS) is 27.4. The van der Waals surface area contributed by atoms with E-state index in [0.717, 1.165) is 32.4 Å². The first-order chi connectivity index (χ1) is 8.03. The summed E-state index contributed by atoms with van der Waals surface area (Å²) in [6.45, 7) is 8.70. The summed E-state index contributed by atoms with van der Waals surface area (Å²) in [5, 5.41) is 13.0. The summed E-state index contributed by atoms with van der Waals surface area (Å²) in [5.41, 5.74) is 0.664. The maximum Gasteiger partial charge on any atom is 0.100 e. The van der Waals surface area contributed by atoms with Gasteiger partial charge in [-0.1, -0.05) is 0 Å². The molecule has 3 heteroatoms. The van der Waals surface area contributed by atoms with Crippen LogP contribution in [-0.2, 0) is 5.60 Å². The molecule has 0 aromatic carbocycles. The Hall–Kier alpha value is -0.380. The van der Waals surface area contributed by atoms with Crippen molar-refractivity contribution in [2.45, 2.75) is 51.7 Å². The molecule has 1 aliphatic heterocycles. The van der Waals surface area contributed by atoms with E-state index in [1.165, 1.54) is 10.4 Å². The zero-order valence-corrected chi connectivity index (χ0v) is 11.9. The van der Waals surface area contributed by atoms with Crippen LogP contribution in [0.1, 0.15) is 43.6 Å². The van der Waals surface area contributed by atoms with Crippen LogP contribution >= 0.6 is 11.3 Å². The second-order valence-electron chi connectivity index (χ2n) is 5.45. The molecule has 2 heterocycles. The van der Waals surface area contributed by atoms with Gasteiger partial charge in [0.25, 0.3) is 0 Å². The van der Waals surface area contributed by atoms with Crippen LogP contribution in [0.3, 0.4) is 0 Å². The largest absolute Gasteiger partial charge is 0.384 e. The molecule has 96 valence electrons. The van der Waals surface area contributed by atoms with Crippen molar-refractivity contribution < 1.29 is 5.11 Å². The lowest BCUT2D eigenvalue weighted by atomic mass is 9.91. The van der Waals surface area contributed by atoms with Crippen LogP contribution in [0.15, 0.2) is 11.4 Å². The van der Waals surface area contributed by atoms with Crippen LogP contribution in [0.4, 0.5) is 0 Å². The first kappa shape index (κ1) is 13.1. The second-order valence-corrected chi connectivity index (χ2v) is 6.36. The zero-order chi connectivity index (χ0) is 12.5. The molecule has 0 aliphatic carbocycles. The maximum atomic E-state index is 10.9. The van der Waals surface area contributed by atoms with Crippen LogP contribution in [-0.4, -0.2) is 29.1 Å². The third kappa shape index (κ3) is 2.72. The predicted molar refractivity (Wildman–Crippen MR) is 73.5 cm³/mol. The lowest BCUT2D eigenvalue weighted by molar-refractivity contribution is 0.0235. The smallest absolute Gasteiger partial charge is 0.100 e. The highest BCUT2D eigenvalue weighted by Crippen LogP contribution is 2.37. The Bertz CT molecular complexity index is 374. The molecule has 2 rings (SSSR count). The Morgan fingerprint density at radius 2 is 2.12 bits per heavy atom. The third-order valence-electron chi connectivity index (χ3n) is 3.86. The Morgan fingerprint density at radius 3 is 2.71 bits per heavy atom. The van der Waals surface area contributed by atoms with Crippen molar-refractivity contribution in [2.24, 2.45) is 0 Å². The minimum absolute atomic E-state index is 0.581. The summed E-state index contributed by atoms with van der Waals surface area (Å²) in [4.78, 5) is 3.66. The number of thiophene rings is 1. The van der Waals surface area contributed by atoms with Gasteiger partial charge in [0.05, 0.1) is 0 Å². The van der Waals surface area contributed by atoms with Gasteiger partial charge in [-0.25, -0.2) is 0 Å². The number of hydrogen-bond donors (Lipinski definition) is 1. The van der Waals surface area contributed by atoms with Gasteiger partial charge in [0.1, 0.15) is 5.60 Å². The van der Waals surface area contributed by atoms with Crippen LogP contribution < -0.4 is 0 Å². The molecule has 2 nitrogen and oxygen atoms in total. The van der Waals surface area contributed by atoms with Gasteiger partial charge in [-0.2, -0.15) is 0 Å². The highest BCUT2D eigenvalue weighted by atomic mass is 32.1. The number of nitrogens with zero attached hydrogens (tertiary/aromatic N) is 1. The Balaban J connectivity index is 2.15. The van der Waals surface area contributed by atoms with Crippen molar-refractivity contribution in [2.75, 3.05) is 13.1 Å². The highest BCUT2D eigenvalue weighted by Gasteiger charge is 2.34. The predicted octanol–water partition coefficient (Wildman–Crippen LogP) is 3.14. The second kappa shape index (κ2) is 5.09. The van der Waals surface area contributed by atoms with E-state index in [0.29, 0.717) is 6.04 Å². The quantitative estimate of drug-likeness (QED) is 0.875. The highest BCUT2D eigenvalue weighted by molar-refractivity contribution is 7.10. The lowest BCUT2D eigenvalue weighted by Crippen LogP contribution is -2.33. The monoisotopic (exact) mass is 253 g/mol. The van der Waals surface area contributed by atoms with Gasteiger partial charge < -0.3 is 10.0 Å². The van der Waals surface area contributed by atoms with Crippen molar-refractivity contribution in [3.8, 4) is 0 Å². The lowest BCUT2D eigenvalue weighted by Gasteiger charge is -2.28. The molecule has 0 radical (unpaired) electrons. The Labute approximate surface area is 108 Å². The SMILES string of the molecule is Cc1ccsc1C1(O)CCCN(C(C)C)CC1. The molecule has 1 unspecified atom stereocenters. The molecule has 0 amide bonds. The number of likely N-dealkylation sites (tertiary alicyclic amines) is 1. The number of aryl methyl sites for hydroxylation is 1. The fourth-order valence-corrected chi connectivity index (χ4v) is 3.82. The van der Waals surface area contributed by atoms with E-state index in [2.05, 4.69) is 37.1 Å². The van der Waals surface area contributed by atoms with Crippen molar-refractivity contribution in [1.29, 1.82) is 0 Å². The van der Waals surface area contributed by atoms with Crippen LogP contribution in [0.2, 0.25) is 0 Å². The molecule has 1 atom stereocenters. The molecule has 1 aromatic rings. The first-order valence-corrected chi connectivity index (χ1v) is 7.42. The van der Waals surface area contributed by atoms with E-state index in [-0.39, 0.29) is 0 Å². The van der Waals surface area contributed by atoms with E-state index in [1.807, 2.05) is 0 Å². The summed E-state index contributed by atoms with van der Waals surface area (Å²) >= 11 is 1.71. The van der Waals surface area contributed by atoms with Crippen molar-refractivity contribution in [3.05, 3.63) is 21.9 Å². The number of aliphatic hydroxyl groups is 1. The van der Waals surface area contributed by atoms with Gasteiger partial charge in [-0.3, -0.25) is 0 Å². The number of hydrogen-bond acceptors (Lipinski definition) is 3. The number of rotatable bonds is 2. The van der Waals surface area contributed by atoms with Crippen LogP contribution in [0.25, 0.3) is 0 Å². The van der Waals surface area contributed by atoms with E-state index >= 15 is 0 Å². The molecule has 0 saturated carbocycles. The fourth-order valence-electron chi connectivity index (χ4n) is 2.73. The summed E-state index contributed by atoms with van der Waals surface area (Å²) < 4.78 is 0. The van der Waals surface area contributed by atoms with Crippen LogP contribution in [0, 0.1) is 6.92 Å². The van der Waals surface area contributed by atoms with E-state index in [4.69, 9.17) is 0 Å². The minimum atomic E-state index is -0.581. The Kier molecular flexibility index (Phi) is 3.91. The Morgan fingerprint density at radius 1 is 1.35 bits per heavy atom.